The number of halogens is 2. The monoisotopic (exact) mass is 601 g/mol. The molecule has 0 unspecified atom stereocenters. The van der Waals surface area contributed by atoms with Gasteiger partial charge in [0.15, 0.2) is 11.5 Å². The molecule has 42 heavy (non-hydrogen) atoms. The second-order valence-corrected chi connectivity index (χ2v) is 9.56. The van der Waals surface area contributed by atoms with Gasteiger partial charge >= 0.3 is 5.97 Å². The maximum absolute atomic E-state index is 12.7. The minimum absolute atomic E-state index is 0.237. The van der Waals surface area contributed by atoms with E-state index in [2.05, 4.69) is 15.8 Å². The van der Waals surface area contributed by atoms with Crippen LogP contribution in [0, 0.1) is 0 Å². The average Bonchev–Trinajstić information content (AvgIpc) is 2.98. The molecule has 0 aliphatic rings. The number of nitrogens with one attached hydrogen (secondary N) is 2. The average molecular weight is 602 g/mol. The number of esters is 1. The van der Waals surface area contributed by atoms with Gasteiger partial charge in [-0.1, -0.05) is 41.4 Å². The molecule has 0 atom stereocenters. The van der Waals surface area contributed by atoms with Crippen LogP contribution in [0.5, 0.6) is 11.5 Å². The van der Waals surface area contributed by atoms with E-state index in [-0.39, 0.29) is 11.7 Å². The zero-order valence-corrected chi connectivity index (χ0v) is 23.9. The fourth-order valence-corrected chi connectivity index (χ4v) is 3.86. The molecule has 4 rings (SSSR count). The van der Waals surface area contributed by atoms with Crippen LogP contribution < -0.4 is 20.2 Å². The van der Waals surface area contributed by atoms with E-state index in [4.69, 9.17) is 32.7 Å². The lowest BCUT2D eigenvalue weighted by Gasteiger charge is -2.10. The van der Waals surface area contributed by atoms with Gasteiger partial charge in [0, 0.05) is 32.9 Å². The molecule has 0 bridgehead atoms. The Morgan fingerprint density at radius 2 is 1.48 bits per heavy atom. The summed E-state index contributed by atoms with van der Waals surface area (Å²) in [6.07, 6.45) is 4.35. The number of ether oxygens (including phenoxy) is 2. The van der Waals surface area contributed by atoms with Gasteiger partial charge in [0.1, 0.15) is 0 Å². The van der Waals surface area contributed by atoms with Crippen LogP contribution in [0.3, 0.4) is 0 Å². The molecule has 0 fully saturated rings. The summed E-state index contributed by atoms with van der Waals surface area (Å²) in [5.41, 5.74) is 5.02. The Labute approximate surface area is 252 Å². The number of hydrazone groups is 1. The summed E-state index contributed by atoms with van der Waals surface area (Å²) in [4.78, 5) is 37.5. The third kappa shape index (κ3) is 8.79. The lowest BCUT2D eigenvalue weighted by atomic mass is 10.1. The van der Waals surface area contributed by atoms with Gasteiger partial charge in [-0.15, -0.1) is 0 Å². The first-order valence-electron chi connectivity index (χ1n) is 12.7. The topological polar surface area (TPSA) is 106 Å². The number of carbonyl (C=O) groups excluding carboxylic acids is 3. The zero-order chi connectivity index (χ0) is 29.9. The third-order valence-corrected chi connectivity index (χ3v) is 6.13. The van der Waals surface area contributed by atoms with Crippen LogP contribution in [-0.4, -0.2) is 30.6 Å². The maximum Gasteiger partial charge on any atom is 0.336 e. The van der Waals surface area contributed by atoms with Crippen LogP contribution in [0.15, 0.2) is 102 Å². The minimum Gasteiger partial charge on any atom is -0.490 e. The number of amides is 2. The SMILES string of the molecule is CCOc1cc(C=NNC(=O)c2cccc(NC(=O)c3ccc(Cl)cc3)c2)ccc1OC(=O)/C=C/c1ccc(Cl)cc1. The number of hydrogen-bond donors (Lipinski definition) is 2. The fraction of sp³-hybridized carbons (Fsp3) is 0.0625. The molecule has 10 heteroatoms. The predicted molar refractivity (Wildman–Crippen MR) is 165 cm³/mol. The molecule has 0 aliphatic carbocycles. The van der Waals surface area contributed by atoms with E-state index in [1.807, 2.05) is 0 Å². The molecule has 0 aromatic heterocycles. The van der Waals surface area contributed by atoms with Crippen LogP contribution in [0.4, 0.5) is 5.69 Å². The third-order valence-electron chi connectivity index (χ3n) is 5.63. The second-order valence-electron chi connectivity index (χ2n) is 8.69. The molecule has 8 nitrogen and oxygen atoms in total. The van der Waals surface area contributed by atoms with Crippen LogP contribution in [0.25, 0.3) is 6.08 Å². The molecule has 4 aromatic rings. The van der Waals surface area contributed by atoms with Crippen molar-refractivity contribution in [3.05, 3.63) is 129 Å². The van der Waals surface area contributed by atoms with Crippen molar-refractivity contribution >= 4 is 59.0 Å². The van der Waals surface area contributed by atoms with Crippen molar-refractivity contribution in [1.82, 2.24) is 5.43 Å². The predicted octanol–water partition coefficient (Wildman–Crippen LogP) is 7.03. The maximum atomic E-state index is 12.7. The van der Waals surface area contributed by atoms with E-state index in [1.54, 1.807) is 97.9 Å². The number of benzene rings is 4. The molecule has 0 spiro atoms. The number of hydrogen-bond acceptors (Lipinski definition) is 6. The van der Waals surface area contributed by atoms with Gasteiger partial charge < -0.3 is 14.8 Å². The number of anilines is 1. The summed E-state index contributed by atoms with van der Waals surface area (Å²) in [5.74, 6) is -0.812. The van der Waals surface area contributed by atoms with Gasteiger partial charge in [-0.2, -0.15) is 5.10 Å². The van der Waals surface area contributed by atoms with Crippen LogP contribution in [-0.2, 0) is 4.79 Å². The first-order chi connectivity index (χ1) is 20.3. The van der Waals surface area contributed by atoms with E-state index in [9.17, 15) is 14.4 Å². The van der Waals surface area contributed by atoms with E-state index in [1.165, 1.54) is 18.4 Å². The first-order valence-corrected chi connectivity index (χ1v) is 13.5. The van der Waals surface area contributed by atoms with E-state index < -0.39 is 11.9 Å². The van der Waals surface area contributed by atoms with Crippen LogP contribution in [0.2, 0.25) is 10.0 Å². The summed E-state index contributed by atoms with van der Waals surface area (Å²) in [6.45, 7) is 2.15. The van der Waals surface area contributed by atoms with E-state index >= 15 is 0 Å². The molecule has 0 aliphatic heterocycles. The summed E-state index contributed by atoms with van der Waals surface area (Å²) >= 11 is 11.8. The highest BCUT2D eigenvalue weighted by Gasteiger charge is 2.11. The fourth-order valence-electron chi connectivity index (χ4n) is 3.61. The Morgan fingerprint density at radius 1 is 0.786 bits per heavy atom. The molecule has 2 amide bonds. The van der Waals surface area contributed by atoms with Crippen molar-refractivity contribution in [2.75, 3.05) is 11.9 Å². The standard InChI is InChI=1S/C32H25Cl2N3O5/c1-2-41-29-18-22(8-16-28(29)42-30(38)17-9-21-6-12-25(33)13-7-21)20-35-37-32(40)24-4-3-5-27(19-24)36-31(39)23-10-14-26(34)15-11-23/h3-20H,2H2,1H3,(H,36,39)(H,37,40)/b17-9+,35-20?. The molecular formula is C32H25Cl2N3O5. The molecule has 0 radical (unpaired) electrons. The molecule has 212 valence electrons. The summed E-state index contributed by atoms with van der Waals surface area (Å²) in [6, 6.07) is 24.8. The summed E-state index contributed by atoms with van der Waals surface area (Å²) in [7, 11) is 0. The largest absolute Gasteiger partial charge is 0.490 e. The molecule has 4 aromatic carbocycles. The van der Waals surface area contributed by atoms with Gasteiger partial charge in [-0.3, -0.25) is 9.59 Å². The molecule has 0 saturated carbocycles. The highest BCUT2D eigenvalue weighted by atomic mass is 35.5. The van der Waals surface area contributed by atoms with Gasteiger partial charge in [-0.25, -0.2) is 10.2 Å². The normalized spacial score (nSPS) is 10.9. The Bertz CT molecular complexity index is 1640. The highest BCUT2D eigenvalue weighted by Crippen LogP contribution is 2.28. The van der Waals surface area contributed by atoms with Crippen LogP contribution >= 0.6 is 23.2 Å². The van der Waals surface area contributed by atoms with Crippen molar-refractivity contribution in [2.45, 2.75) is 6.92 Å². The van der Waals surface area contributed by atoms with Crippen LogP contribution in [0.1, 0.15) is 38.8 Å². The van der Waals surface area contributed by atoms with Gasteiger partial charge in [0.05, 0.1) is 12.8 Å². The molecular weight excluding hydrogens is 577 g/mol. The van der Waals surface area contributed by atoms with Gasteiger partial charge in [-0.05, 0) is 96.9 Å². The summed E-state index contributed by atoms with van der Waals surface area (Å²) in [5, 5.41) is 7.90. The number of rotatable bonds is 10. The quantitative estimate of drug-likeness (QED) is 0.0667. The Hall–Kier alpha value is -4.92. The number of carbonyl (C=O) groups is 3. The van der Waals surface area contributed by atoms with Gasteiger partial charge in [0.25, 0.3) is 11.8 Å². The minimum atomic E-state index is -0.578. The molecule has 0 saturated heterocycles. The van der Waals surface area contributed by atoms with Crippen molar-refractivity contribution < 1.29 is 23.9 Å². The van der Waals surface area contributed by atoms with Gasteiger partial charge in [0.2, 0.25) is 0 Å². The Kier molecular flexibility index (Phi) is 10.5. The summed E-state index contributed by atoms with van der Waals surface area (Å²) < 4.78 is 11.1. The lowest BCUT2D eigenvalue weighted by Crippen LogP contribution is -2.18. The molecule has 2 N–H and O–H groups in total. The van der Waals surface area contributed by atoms with Crippen molar-refractivity contribution in [1.29, 1.82) is 0 Å². The Morgan fingerprint density at radius 3 is 2.19 bits per heavy atom. The zero-order valence-electron chi connectivity index (χ0n) is 22.3. The number of nitrogens with zero attached hydrogens (tertiary/aromatic N) is 1. The van der Waals surface area contributed by atoms with Crippen molar-refractivity contribution in [3.63, 3.8) is 0 Å². The lowest BCUT2D eigenvalue weighted by molar-refractivity contribution is -0.129. The molecule has 0 heterocycles. The second kappa shape index (κ2) is 14.6. The van der Waals surface area contributed by atoms with E-state index in [0.29, 0.717) is 44.8 Å². The van der Waals surface area contributed by atoms with Crippen molar-refractivity contribution in [3.8, 4) is 11.5 Å². The van der Waals surface area contributed by atoms with E-state index in [0.717, 1.165) is 5.56 Å². The smallest absolute Gasteiger partial charge is 0.336 e. The Balaban J connectivity index is 1.36. The first kappa shape index (κ1) is 30.0. The van der Waals surface area contributed by atoms with Crippen molar-refractivity contribution in [2.24, 2.45) is 5.10 Å². The highest BCUT2D eigenvalue weighted by molar-refractivity contribution is 6.31.